The molecule has 1 rings (SSSR count). The van der Waals surface area contributed by atoms with Crippen LogP contribution < -0.4 is 10.5 Å². The first kappa shape index (κ1) is 18.1. The molecule has 0 aliphatic carbocycles. The summed E-state index contributed by atoms with van der Waals surface area (Å²) in [6.07, 6.45) is 4.21. The van der Waals surface area contributed by atoms with E-state index in [4.69, 9.17) is 10.2 Å². The van der Waals surface area contributed by atoms with Gasteiger partial charge in [0.15, 0.2) is 0 Å². The van der Waals surface area contributed by atoms with E-state index < -0.39 is 27.9 Å². The fraction of sp³-hybridized carbons (Fsp3) is 0.583. The van der Waals surface area contributed by atoms with Crippen LogP contribution in [0.15, 0.2) is 17.3 Å². The summed E-state index contributed by atoms with van der Waals surface area (Å²) in [5.74, 6) is -1.51. The van der Waals surface area contributed by atoms with Crippen LogP contribution in [0, 0.1) is 0 Å². The van der Waals surface area contributed by atoms with E-state index in [2.05, 4.69) is 10.4 Å². The fourth-order valence-electron chi connectivity index (χ4n) is 1.76. The Labute approximate surface area is 128 Å². The van der Waals surface area contributed by atoms with Gasteiger partial charge in [0.1, 0.15) is 10.9 Å². The molecule has 1 heterocycles. The Morgan fingerprint density at radius 2 is 2.18 bits per heavy atom. The largest absolute Gasteiger partial charge is 0.480 e. The Kier molecular flexibility index (Phi) is 6.50. The summed E-state index contributed by atoms with van der Waals surface area (Å²) >= 11 is 0. The molecule has 0 aliphatic rings. The van der Waals surface area contributed by atoms with Crippen molar-refractivity contribution in [3.05, 3.63) is 12.4 Å². The highest BCUT2D eigenvalue weighted by atomic mass is 32.2. The van der Waals surface area contributed by atoms with Crippen LogP contribution in [0.25, 0.3) is 0 Å². The number of aliphatic carboxylic acids is 1. The van der Waals surface area contributed by atoms with Gasteiger partial charge >= 0.3 is 5.97 Å². The Morgan fingerprint density at radius 3 is 2.68 bits per heavy atom. The number of hydrogen-bond acceptors (Lipinski definition) is 5. The van der Waals surface area contributed by atoms with Gasteiger partial charge in [-0.3, -0.25) is 9.48 Å². The normalized spacial score (nSPS) is 12.8. The number of aromatic nitrogens is 2. The zero-order chi connectivity index (χ0) is 16.8. The molecule has 0 saturated heterocycles. The number of amides is 1. The van der Waals surface area contributed by atoms with Crippen LogP contribution in [0.4, 0.5) is 0 Å². The maximum Gasteiger partial charge on any atom is 0.326 e. The first-order valence-corrected chi connectivity index (χ1v) is 8.36. The average Bonchev–Trinajstić information content (AvgIpc) is 2.89. The molecule has 22 heavy (non-hydrogen) atoms. The summed E-state index contributed by atoms with van der Waals surface area (Å²) in [5.41, 5.74) is 0. The van der Waals surface area contributed by atoms with Gasteiger partial charge in [-0.1, -0.05) is 19.8 Å². The third-order valence-corrected chi connectivity index (χ3v) is 3.85. The minimum absolute atomic E-state index is 0.0123. The highest BCUT2D eigenvalue weighted by Crippen LogP contribution is 2.05. The molecule has 0 aliphatic heterocycles. The molecule has 1 atom stereocenters. The lowest BCUT2D eigenvalue weighted by molar-refractivity contribution is -0.142. The molecule has 0 fully saturated rings. The molecule has 1 unspecified atom stereocenters. The lowest BCUT2D eigenvalue weighted by Crippen LogP contribution is -2.41. The van der Waals surface area contributed by atoms with Crippen molar-refractivity contribution in [2.75, 3.05) is 0 Å². The lowest BCUT2D eigenvalue weighted by atomic mass is 10.1. The topological polar surface area (TPSA) is 144 Å². The summed E-state index contributed by atoms with van der Waals surface area (Å²) < 4.78 is 23.4. The summed E-state index contributed by atoms with van der Waals surface area (Å²) in [4.78, 5) is 22.6. The lowest BCUT2D eigenvalue weighted by Gasteiger charge is -2.13. The Morgan fingerprint density at radius 1 is 1.50 bits per heavy atom. The number of nitrogens with one attached hydrogen (secondary N) is 1. The van der Waals surface area contributed by atoms with Gasteiger partial charge in [-0.05, 0) is 6.42 Å². The molecule has 9 nitrogen and oxygen atoms in total. The molecule has 0 saturated carbocycles. The maximum atomic E-state index is 11.7. The van der Waals surface area contributed by atoms with Crippen LogP contribution in [-0.4, -0.2) is 41.2 Å². The quantitative estimate of drug-likeness (QED) is 0.565. The van der Waals surface area contributed by atoms with Crippen LogP contribution in [-0.2, 0) is 26.2 Å². The first-order valence-electron chi connectivity index (χ1n) is 6.81. The number of carboxylic acids is 1. The van der Waals surface area contributed by atoms with Gasteiger partial charge in [-0.2, -0.15) is 5.10 Å². The molecule has 1 aromatic heterocycles. The number of primary sulfonamides is 1. The third-order valence-electron chi connectivity index (χ3n) is 2.99. The summed E-state index contributed by atoms with van der Waals surface area (Å²) in [6.45, 7) is 2.06. The van der Waals surface area contributed by atoms with Crippen LogP contribution in [0.2, 0.25) is 0 Å². The molecular formula is C12H20N4O5S. The van der Waals surface area contributed by atoms with Crippen molar-refractivity contribution in [2.45, 2.75) is 50.1 Å². The number of nitrogens with zero attached hydrogens (tertiary/aromatic N) is 2. The van der Waals surface area contributed by atoms with Crippen molar-refractivity contribution in [2.24, 2.45) is 5.14 Å². The van der Waals surface area contributed by atoms with Crippen molar-refractivity contribution in [3.63, 3.8) is 0 Å². The molecule has 0 spiro atoms. The second-order valence-corrected chi connectivity index (χ2v) is 6.40. The average molecular weight is 332 g/mol. The first-order chi connectivity index (χ1) is 10.2. The van der Waals surface area contributed by atoms with Gasteiger partial charge in [-0.15, -0.1) is 0 Å². The van der Waals surface area contributed by atoms with Gasteiger partial charge in [0.2, 0.25) is 15.9 Å². The molecule has 4 N–H and O–H groups in total. The zero-order valence-electron chi connectivity index (χ0n) is 12.2. The number of aryl methyl sites for hydroxylation is 1. The van der Waals surface area contributed by atoms with E-state index >= 15 is 0 Å². The minimum atomic E-state index is -3.82. The second-order valence-electron chi connectivity index (χ2n) is 4.83. The van der Waals surface area contributed by atoms with E-state index in [9.17, 15) is 18.0 Å². The van der Waals surface area contributed by atoms with Crippen molar-refractivity contribution < 1.29 is 23.1 Å². The number of unbranched alkanes of at least 4 members (excludes halogenated alkanes) is 1. The summed E-state index contributed by atoms with van der Waals surface area (Å²) in [7, 11) is -3.82. The molecule has 0 radical (unpaired) electrons. The number of rotatable bonds is 9. The molecule has 10 heteroatoms. The van der Waals surface area contributed by atoms with E-state index in [1.54, 1.807) is 0 Å². The summed E-state index contributed by atoms with van der Waals surface area (Å²) in [5, 5.41) is 20.2. The third kappa shape index (κ3) is 5.82. The molecule has 124 valence electrons. The highest BCUT2D eigenvalue weighted by molar-refractivity contribution is 7.89. The second kappa shape index (κ2) is 7.90. The highest BCUT2D eigenvalue weighted by Gasteiger charge is 2.19. The van der Waals surface area contributed by atoms with Gasteiger partial charge < -0.3 is 10.4 Å². The van der Waals surface area contributed by atoms with Crippen molar-refractivity contribution in [1.82, 2.24) is 15.1 Å². The van der Waals surface area contributed by atoms with Crippen LogP contribution in [0.3, 0.4) is 0 Å². The van der Waals surface area contributed by atoms with Gasteiger partial charge in [0.25, 0.3) is 0 Å². The number of hydrogen-bond donors (Lipinski definition) is 3. The molecule has 1 amide bonds. The van der Waals surface area contributed by atoms with Gasteiger partial charge in [0.05, 0.1) is 6.20 Å². The Balaban J connectivity index is 2.51. The smallest absolute Gasteiger partial charge is 0.326 e. The van der Waals surface area contributed by atoms with E-state index in [1.807, 2.05) is 6.92 Å². The Hall–Kier alpha value is -1.94. The fourth-order valence-corrected chi connectivity index (χ4v) is 2.22. The SMILES string of the molecule is CCCCC(NC(=O)CCn1cc(S(N)(=O)=O)cn1)C(=O)O. The predicted octanol–water partition coefficient (Wildman–Crippen LogP) is -0.320. The predicted molar refractivity (Wildman–Crippen MR) is 77.3 cm³/mol. The van der Waals surface area contributed by atoms with Gasteiger partial charge in [-0.25, -0.2) is 18.4 Å². The molecular weight excluding hydrogens is 312 g/mol. The number of carbonyl (C=O) groups is 2. The molecule has 0 bridgehead atoms. The molecule has 0 aromatic carbocycles. The molecule has 1 aromatic rings. The number of carbonyl (C=O) groups excluding carboxylic acids is 1. The Bertz CT molecular complexity index is 625. The van der Waals surface area contributed by atoms with E-state index in [0.717, 1.165) is 12.6 Å². The van der Waals surface area contributed by atoms with E-state index in [1.165, 1.54) is 10.9 Å². The van der Waals surface area contributed by atoms with Crippen LogP contribution in [0.5, 0.6) is 0 Å². The van der Waals surface area contributed by atoms with Crippen molar-refractivity contribution in [1.29, 1.82) is 0 Å². The summed E-state index contributed by atoms with van der Waals surface area (Å²) in [6, 6.07) is -0.912. The number of nitrogens with two attached hydrogens (primary N) is 1. The monoisotopic (exact) mass is 332 g/mol. The van der Waals surface area contributed by atoms with E-state index in [-0.39, 0.29) is 17.9 Å². The standard InChI is InChI=1S/C12H20N4O5S/c1-2-3-4-10(12(18)19)15-11(17)5-6-16-8-9(7-14-16)22(13,20)21/h7-8,10H,2-6H2,1H3,(H,15,17)(H,18,19)(H2,13,20,21). The van der Waals surface area contributed by atoms with Crippen molar-refractivity contribution in [3.8, 4) is 0 Å². The number of sulfonamides is 1. The zero-order valence-corrected chi connectivity index (χ0v) is 13.0. The maximum absolute atomic E-state index is 11.7. The van der Waals surface area contributed by atoms with Crippen LogP contribution >= 0.6 is 0 Å². The minimum Gasteiger partial charge on any atom is -0.480 e. The van der Waals surface area contributed by atoms with Crippen molar-refractivity contribution >= 4 is 21.9 Å². The van der Waals surface area contributed by atoms with Crippen LogP contribution in [0.1, 0.15) is 32.6 Å². The van der Waals surface area contributed by atoms with Gasteiger partial charge in [0, 0.05) is 19.2 Å². The number of carboxylic acid groups (broad SMARTS) is 1. The van der Waals surface area contributed by atoms with E-state index in [0.29, 0.717) is 12.8 Å².